The molecule has 0 spiro atoms. The fourth-order valence-corrected chi connectivity index (χ4v) is 2.24. The van der Waals surface area contributed by atoms with Gasteiger partial charge >= 0.3 is 11.9 Å². The topological polar surface area (TPSA) is 52.6 Å². The lowest BCUT2D eigenvalue weighted by Crippen LogP contribution is -2.17. The predicted molar refractivity (Wildman–Crippen MR) is 78.3 cm³/mol. The smallest absolute Gasteiger partial charge is 0.302 e. The Balaban J connectivity index is 3.75. The van der Waals surface area contributed by atoms with Crippen LogP contribution in [0.5, 0.6) is 0 Å². The third-order valence-electron chi connectivity index (χ3n) is 2.72. The molecule has 0 bridgehead atoms. The molecule has 0 heterocycles. The van der Waals surface area contributed by atoms with Crippen molar-refractivity contribution in [3.05, 3.63) is 0 Å². The molecule has 0 aliphatic rings. The minimum Gasteiger partial charge on any atom is -0.466 e. The summed E-state index contributed by atoms with van der Waals surface area (Å²) in [6.45, 7) is 3.23. The highest BCUT2D eigenvalue weighted by molar-refractivity contribution is 9.09. The van der Waals surface area contributed by atoms with Crippen LogP contribution in [0.1, 0.15) is 58.8 Å². The van der Waals surface area contributed by atoms with E-state index in [4.69, 9.17) is 9.47 Å². The summed E-state index contributed by atoms with van der Waals surface area (Å²) in [5.41, 5.74) is 0. The van der Waals surface area contributed by atoms with E-state index >= 15 is 0 Å². The Labute approximate surface area is 124 Å². The van der Waals surface area contributed by atoms with Gasteiger partial charge in [-0.1, -0.05) is 28.8 Å². The van der Waals surface area contributed by atoms with E-state index in [1.807, 2.05) is 0 Å². The number of rotatable bonds is 11. The summed E-state index contributed by atoms with van der Waals surface area (Å²) in [7, 11) is 0. The summed E-state index contributed by atoms with van der Waals surface area (Å²) in [6.07, 6.45) is 6.95. The van der Waals surface area contributed by atoms with E-state index in [2.05, 4.69) is 15.9 Å². The SMILES string of the molecule is CC(=O)OCCCC(CCCCCCBr)OC(C)=O. The van der Waals surface area contributed by atoms with Gasteiger partial charge in [0.15, 0.2) is 0 Å². The fraction of sp³-hybridized carbons (Fsp3) is 0.857. The molecule has 0 aromatic rings. The second kappa shape index (κ2) is 12.5. The highest BCUT2D eigenvalue weighted by Crippen LogP contribution is 2.14. The molecule has 0 aliphatic heterocycles. The largest absolute Gasteiger partial charge is 0.466 e. The van der Waals surface area contributed by atoms with Crippen LogP contribution in [0.25, 0.3) is 0 Å². The number of ether oxygens (including phenoxy) is 2. The zero-order valence-electron chi connectivity index (χ0n) is 12.0. The van der Waals surface area contributed by atoms with Gasteiger partial charge in [0.05, 0.1) is 6.61 Å². The van der Waals surface area contributed by atoms with Gasteiger partial charge in [-0.3, -0.25) is 9.59 Å². The van der Waals surface area contributed by atoms with Gasteiger partial charge in [0.1, 0.15) is 6.10 Å². The van der Waals surface area contributed by atoms with Crippen molar-refractivity contribution in [3.8, 4) is 0 Å². The third kappa shape index (κ3) is 13.6. The zero-order chi connectivity index (χ0) is 14.5. The summed E-state index contributed by atoms with van der Waals surface area (Å²) < 4.78 is 10.1. The molecule has 112 valence electrons. The van der Waals surface area contributed by atoms with Gasteiger partial charge in [0.2, 0.25) is 0 Å². The second-order valence-corrected chi connectivity index (χ2v) is 5.40. The molecule has 1 atom stereocenters. The minimum absolute atomic E-state index is 0.0444. The number of alkyl halides is 1. The monoisotopic (exact) mass is 336 g/mol. The minimum atomic E-state index is -0.265. The number of carbonyl (C=O) groups excluding carboxylic acids is 2. The Morgan fingerprint density at radius 1 is 0.947 bits per heavy atom. The average molecular weight is 337 g/mol. The number of carbonyl (C=O) groups is 2. The summed E-state index contributed by atoms with van der Waals surface area (Å²) in [5, 5.41) is 1.04. The lowest BCUT2D eigenvalue weighted by Gasteiger charge is -2.16. The van der Waals surface area contributed by atoms with Crippen LogP contribution in [0.2, 0.25) is 0 Å². The summed E-state index contributed by atoms with van der Waals surface area (Å²) in [5.74, 6) is -0.503. The maximum Gasteiger partial charge on any atom is 0.302 e. The molecular formula is C14H25BrO4. The lowest BCUT2D eigenvalue weighted by molar-refractivity contribution is -0.148. The van der Waals surface area contributed by atoms with Crippen LogP contribution in [0.3, 0.4) is 0 Å². The van der Waals surface area contributed by atoms with Crippen molar-refractivity contribution >= 4 is 27.9 Å². The Bertz CT molecular complexity index is 256. The highest BCUT2D eigenvalue weighted by atomic mass is 79.9. The van der Waals surface area contributed by atoms with Gasteiger partial charge in [0, 0.05) is 19.2 Å². The molecule has 0 saturated heterocycles. The second-order valence-electron chi connectivity index (χ2n) is 4.61. The van der Waals surface area contributed by atoms with E-state index in [1.54, 1.807) is 0 Å². The maximum atomic E-state index is 11.0. The van der Waals surface area contributed by atoms with Gasteiger partial charge < -0.3 is 9.47 Å². The maximum absolute atomic E-state index is 11.0. The molecule has 4 nitrogen and oxygen atoms in total. The Hall–Kier alpha value is -0.580. The molecule has 0 aromatic heterocycles. The van der Waals surface area contributed by atoms with Crippen molar-refractivity contribution in [1.29, 1.82) is 0 Å². The van der Waals surface area contributed by atoms with Gasteiger partial charge in [-0.05, 0) is 32.1 Å². The number of hydrogen-bond acceptors (Lipinski definition) is 4. The van der Waals surface area contributed by atoms with Crippen molar-refractivity contribution in [1.82, 2.24) is 0 Å². The van der Waals surface area contributed by atoms with Crippen LogP contribution in [0.4, 0.5) is 0 Å². The molecule has 0 saturated carbocycles. The van der Waals surface area contributed by atoms with E-state index in [-0.39, 0.29) is 18.0 Å². The molecule has 0 radical (unpaired) electrons. The fourth-order valence-electron chi connectivity index (χ4n) is 1.84. The molecule has 5 heteroatoms. The van der Waals surface area contributed by atoms with Crippen molar-refractivity contribution in [2.75, 3.05) is 11.9 Å². The quantitative estimate of drug-likeness (QED) is 0.328. The van der Waals surface area contributed by atoms with E-state index in [9.17, 15) is 9.59 Å². The van der Waals surface area contributed by atoms with E-state index in [1.165, 1.54) is 26.7 Å². The molecular weight excluding hydrogens is 312 g/mol. The van der Waals surface area contributed by atoms with Gasteiger partial charge in [0.25, 0.3) is 0 Å². The van der Waals surface area contributed by atoms with Crippen LogP contribution < -0.4 is 0 Å². The lowest BCUT2D eigenvalue weighted by atomic mass is 10.1. The normalized spacial score (nSPS) is 11.9. The Morgan fingerprint density at radius 3 is 2.16 bits per heavy atom. The first-order valence-electron chi connectivity index (χ1n) is 6.92. The first-order valence-corrected chi connectivity index (χ1v) is 8.05. The highest BCUT2D eigenvalue weighted by Gasteiger charge is 2.11. The predicted octanol–water partition coefficient (Wildman–Crippen LogP) is 3.61. The zero-order valence-corrected chi connectivity index (χ0v) is 13.5. The first-order chi connectivity index (χ1) is 9.06. The van der Waals surface area contributed by atoms with E-state index < -0.39 is 0 Å². The molecule has 19 heavy (non-hydrogen) atoms. The summed E-state index contributed by atoms with van der Waals surface area (Å²) >= 11 is 3.41. The number of unbranched alkanes of at least 4 members (excludes halogenated alkanes) is 3. The van der Waals surface area contributed by atoms with Crippen molar-refractivity contribution < 1.29 is 19.1 Å². The molecule has 0 amide bonds. The van der Waals surface area contributed by atoms with E-state index in [0.717, 1.165) is 37.4 Å². The van der Waals surface area contributed by atoms with Crippen LogP contribution in [-0.2, 0) is 19.1 Å². The molecule has 0 fully saturated rings. The number of hydrogen-bond donors (Lipinski definition) is 0. The van der Waals surface area contributed by atoms with Crippen molar-refractivity contribution in [2.45, 2.75) is 64.9 Å². The van der Waals surface area contributed by atoms with Crippen molar-refractivity contribution in [3.63, 3.8) is 0 Å². The van der Waals surface area contributed by atoms with Crippen LogP contribution in [-0.4, -0.2) is 30.0 Å². The summed E-state index contributed by atoms with van der Waals surface area (Å²) in [6, 6.07) is 0. The van der Waals surface area contributed by atoms with Gasteiger partial charge in [-0.2, -0.15) is 0 Å². The first kappa shape index (κ1) is 18.4. The summed E-state index contributed by atoms with van der Waals surface area (Å²) in [4.78, 5) is 21.6. The van der Waals surface area contributed by atoms with E-state index in [0.29, 0.717) is 6.61 Å². The average Bonchev–Trinajstić information content (AvgIpc) is 2.33. The number of esters is 2. The van der Waals surface area contributed by atoms with Gasteiger partial charge in [-0.25, -0.2) is 0 Å². The molecule has 0 N–H and O–H groups in total. The third-order valence-corrected chi connectivity index (χ3v) is 3.28. The molecule has 0 aliphatic carbocycles. The number of halogens is 1. The molecule has 1 unspecified atom stereocenters. The molecule has 0 rings (SSSR count). The van der Waals surface area contributed by atoms with Crippen LogP contribution in [0.15, 0.2) is 0 Å². The van der Waals surface area contributed by atoms with Crippen LogP contribution in [0, 0.1) is 0 Å². The van der Waals surface area contributed by atoms with Crippen LogP contribution >= 0.6 is 15.9 Å². The Morgan fingerprint density at radius 2 is 1.58 bits per heavy atom. The Kier molecular flexibility index (Phi) is 12.1. The van der Waals surface area contributed by atoms with Crippen molar-refractivity contribution in [2.24, 2.45) is 0 Å². The standard InChI is InChI=1S/C14H25BrO4/c1-12(16)18-11-7-9-14(19-13(2)17)8-5-3-4-6-10-15/h14H,3-11H2,1-2H3. The van der Waals surface area contributed by atoms with Gasteiger partial charge in [-0.15, -0.1) is 0 Å². The molecule has 0 aromatic carbocycles.